The zero-order valence-corrected chi connectivity index (χ0v) is 5.78. The van der Waals surface area contributed by atoms with Gasteiger partial charge in [-0.2, -0.15) is 5.26 Å². The molecule has 1 rings (SSSR count). The van der Waals surface area contributed by atoms with Gasteiger partial charge in [-0.05, 0) is 6.42 Å². The van der Waals surface area contributed by atoms with Crippen LogP contribution in [-0.2, 0) is 4.79 Å². The SMILES string of the molecule is N#C[C@H]1CCC(=O)CS1. The van der Waals surface area contributed by atoms with Crippen LogP contribution in [0.3, 0.4) is 0 Å². The summed E-state index contributed by atoms with van der Waals surface area (Å²) in [6.45, 7) is 0. The van der Waals surface area contributed by atoms with E-state index in [0.717, 1.165) is 6.42 Å². The van der Waals surface area contributed by atoms with E-state index in [4.69, 9.17) is 5.26 Å². The summed E-state index contributed by atoms with van der Waals surface area (Å²) in [5.74, 6) is 0.824. The zero-order valence-electron chi connectivity index (χ0n) is 4.96. The van der Waals surface area contributed by atoms with Crippen molar-refractivity contribution in [2.24, 2.45) is 0 Å². The van der Waals surface area contributed by atoms with Crippen molar-refractivity contribution in [2.75, 3.05) is 5.75 Å². The molecule has 0 unspecified atom stereocenters. The molecule has 0 saturated carbocycles. The van der Waals surface area contributed by atoms with Gasteiger partial charge < -0.3 is 0 Å². The quantitative estimate of drug-likeness (QED) is 0.504. The maximum atomic E-state index is 10.6. The van der Waals surface area contributed by atoms with E-state index in [2.05, 4.69) is 6.07 Å². The monoisotopic (exact) mass is 141 g/mol. The lowest BCUT2D eigenvalue weighted by Crippen LogP contribution is -2.15. The second-order valence-corrected chi connectivity index (χ2v) is 3.20. The fourth-order valence-corrected chi connectivity index (χ4v) is 1.63. The molecule has 0 aromatic carbocycles. The van der Waals surface area contributed by atoms with Gasteiger partial charge in [0.05, 0.1) is 17.1 Å². The van der Waals surface area contributed by atoms with Crippen molar-refractivity contribution in [1.82, 2.24) is 0 Å². The summed E-state index contributed by atoms with van der Waals surface area (Å²) in [4.78, 5) is 10.6. The first-order chi connectivity index (χ1) is 4.33. The van der Waals surface area contributed by atoms with Crippen molar-refractivity contribution in [1.29, 1.82) is 5.26 Å². The highest BCUT2D eigenvalue weighted by molar-refractivity contribution is 8.00. The van der Waals surface area contributed by atoms with Crippen LogP contribution >= 0.6 is 11.8 Å². The molecule has 1 fully saturated rings. The van der Waals surface area contributed by atoms with Crippen molar-refractivity contribution < 1.29 is 4.79 Å². The number of Topliss-reactive ketones (excluding diaryl/α,β-unsaturated/α-hetero) is 1. The Hall–Kier alpha value is -0.490. The van der Waals surface area contributed by atoms with E-state index >= 15 is 0 Å². The average molecular weight is 141 g/mol. The number of nitriles is 1. The predicted molar refractivity (Wildman–Crippen MR) is 36.1 cm³/mol. The van der Waals surface area contributed by atoms with E-state index in [1.807, 2.05) is 0 Å². The molecule has 0 spiro atoms. The van der Waals surface area contributed by atoms with Gasteiger partial charge in [0.1, 0.15) is 5.78 Å². The van der Waals surface area contributed by atoms with Crippen molar-refractivity contribution in [3.63, 3.8) is 0 Å². The third-order valence-corrected chi connectivity index (χ3v) is 2.51. The first kappa shape index (κ1) is 6.63. The van der Waals surface area contributed by atoms with E-state index in [1.54, 1.807) is 0 Å². The summed E-state index contributed by atoms with van der Waals surface area (Å²) < 4.78 is 0. The lowest BCUT2D eigenvalue weighted by atomic mass is 10.2. The Kier molecular flexibility index (Phi) is 2.12. The van der Waals surface area contributed by atoms with E-state index in [1.165, 1.54) is 11.8 Å². The highest BCUT2D eigenvalue weighted by atomic mass is 32.2. The van der Waals surface area contributed by atoms with E-state index in [0.29, 0.717) is 12.2 Å². The van der Waals surface area contributed by atoms with E-state index in [-0.39, 0.29) is 11.0 Å². The largest absolute Gasteiger partial charge is 0.299 e. The highest BCUT2D eigenvalue weighted by Gasteiger charge is 2.17. The number of carbonyl (C=O) groups is 1. The molecule has 0 bridgehead atoms. The zero-order chi connectivity index (χ0) is 6.69. The maximum absolute atomic E-state index is 10.6. The van der Waals surface area contributed by atoms with Crippen LogP contribution in [0.5, 0.6) is 0 Å². The molecule has 1 aliphatic rings. The first-order valence-corrected chi connectivity index (χ1v) is 3.90. The van der Waals surface area contributed by atoms with Gasteiger partial charge in [0, 0.05) is 6.42 Å². The fourth-order valence-electron chi connectivity index (χ4n) is 0.743. The molecule has 0 radical (unpaired) electrons. The highest BCUT2D eigenvalue weighted by Crippen LogP contribution is 2.21. The number of thioether (sulfide) groups is 1. The summed E-state index contributed by atoms with van der Waals surface area (Å²) in [5, 5.41) is 8.47. The predicted octanol–water partition coefficient (Wildman–Crippen LogP) is 0.975. The van der Waals surface area contributed by atoms with Crippen LogP contribution in [0.25, 0.3) is 0 Å². The normalized spacial score (nSPS) is 27.4. The van der Waals surface area contributed by atoms with Crippen LogP contribution in [0.4, 0.5) is 0 Å². The summed E-state index contributed by atoms with van der Waals surface area (Å²) >= 11 is 1.46. The molecular formula is C6H7NOS. The Morgan fingerprint density at radius 2 is 2.56 bits per heavy atom. The summed E-state index contributed by atoms with van der Waals surface area (Å²) in [6, 6.07) is 2.14. The standard InChI is InChI=1S/C6H7NOS/c7-3-6-2-1-5(8)4-9-6/h6H,1-2,4H2/t6-/m1/s1. The van der Waals surface area contributed by atoms with Crippen LogP contribution in [0.15, 0.2) is 0 Å². The molecule has 1 aliphatic heterocycles. The molecular weight excluding hydrogens is 134 g/mol. The minimum absolute atomic E-state index is 0.0719. The first-order valence-electron chi connectivity index (χ1n) is 2.86. The Morgan fingerprint density at radius 3 is 3.00 bits per heavy atom. The molecule has 48 valence electrons. The average Bonchev–Trinajstić information content (AvgIpc) is 1.90. The van der Waals surface area contributed by atoms with Crippen molar-refractivity contribution in [3.8, 4) is 6.07 Å². The Bertz CT molecular complexity index is 151. The smallest absolute Gasteiger partial charge is 0.142 e. The Morgan fingerprint density at radius 1 is 1.78 bits per heavy atom. The number of nitrogens with zero attached hydrogens (tertiary/aromatic N) is 1. The molecule has 3 heteroatoms. The molecule has 1 saturated heterocycles. The molecule has 0 amide bonds. The molecule has 9 heavy (non-hydrogen) atoms. The van der Waals surface area contributed by atoms with Crippen LogP contribution in [-0.4, -0.2) is 16.8 Å². The molecule has 0 aliphatic carbocycles. The van der Waals surface area contributed by atoms with E-state index < -0.39 is 0 Å². The van der Waals surface area contributed by atoms with Crippen LogP contribution in [0.2, 0.25) is 0 Å². The molecule has 0 N–H and O–H groups in total. The van der Waals surface area contributed by atoms with Gasteiger partial charge in [0.2, 0.25) is 0 Å². The molecule has 1 heterocycles. The minimum Gasteiger partial charge on any atom is -0.299 e. The second kappa shape index (κ2) is 2.88. The number of ketones is 1. The van der Waals surface area contributed by atoms with Gasteiger partial charge in [-0.25, -0.2) is 0 Å². The summed E-state index contributed by atoms with van der Waals surface area (Å²) in [5.41, 5.74) is 0. The molecule has 1 atom stereocenters. The van der Waals surface area contributed by atoms with E-state index in [9.17, 15) is 4.79 Å². The fraction of sp³-hybridized carbons (Fsp3) is 0.667. The summed E-state index contributed by atoms with van der Waals surface area (Å²) in [6.07, 6.45) is 1.35. The minimum atomic E-state index is 0.0719. The third-order valence-electron chi connectivity index (χ3n) is 1.27. The van der Waals surface area contributed by atoms with Crippen LogP contribution in [0, 0.1) is 11.3 Å². The van der Waals surface area contributed by atoms with Crippen LogP contribution < -0.4 is 0 Å². The lowest BCUT2D eigenvalue weighted by Gasteiger charge is -2.12. The van der Waals surface area contributed by atoms with Crippen LogP contribution in [0.1, 0.15) is 12.8 Å². The number of rotatable bonds is 0. The molecule has 0 aromatic rings. The van der Waals surface area contributed by atoms with Gasteiger partial charge in [-0.15, -0.1) is 11.8 Å². The lowest BCUT2D eigenvalue weighted by molar-refractivity contribution is -0.116. The van der Waals surface area contributed by atoms with Gasteiger partial charge in [0.25, 0.3) is 0 Å². The summed E-state index contributed by atoms with van der Waals surface area (Å²) in [7, 11) is 0. The number of hydrogen-bond donors (Lipinski definition) is 0. The van der Waals surface area contributed by atoms with Gasteiger partial charge in [0.15, 0.2) is 0 Å². The number of carbonyl (C=O) groups excluding carboxylic acids is 1. The number of hydrogen-bond acceptors (Lipinski definition) is 3. The van der Waals surface area contributed by atoms with Gasteiger partial charge in [-0.1, -0.05) is 0 Å². The van der Waals surface area contributed by atoms with Crippen molar-refractivity contribution in [2.45, 2.75) is 18.1 Å². The topological polar surface area (TPSA) is 40.9 Å². The van der Waals surface area contributed by atoms with Gasteiger partial charge >= 0.3 is 0 Å². The van der Waals surface area contributed by atoms with Crippen molar-refractivity contribution in [3.05, 3.63) is 0 Å². The van der Waals surface area contributed by atoms with Gasteiger partial charge in [-0.3, -0.25) is 4.79 Å². The molecule has 0 aromatic heterocycles. The second-order valence-electron chi connectivity index (χ2n) is 2.01. The maximum Gasteiger partial charge on any atom is 0.142 e. The Balaban J connectivity index is 2.37. The van der Waals surface area contributed by atoms with Crippen molar-refractivity contribution >= 4 is 17.5 Å². The molecule has 2 nitrogen and oxygen atoms in total. The third kappa shape index (κ3) is 1.72. The Labute approximate surface area is 58.2 Å².